The Bertz CT molecular complexity index is 1500. The van der Waals surface area contributed by atoms with Crippen molar-refractivity contribution >= 4 is 39.1 Å². The van der Waals surface area contributed by atoms with Gasteiger partial charge in [-0.05, 0) is 101 Å². The van der Waals surface area contributed by atoms with Gasteiger partial charge in [-0.25, -0.2) is 8.42 Å². The molecule has 1 aliphatic carbocycles. The van der Waals surface area contributed by atoms with E-state index in [-0.39, 0.29) is 45.3 Å². The van der Waals surface area contributed by atoms with E-state index in [0.717, 1.165) is 64.5 Å². The number of allylic oxidation sites excluding steroid dienone is 1. The first-order valence-electron chi connectivity index (χ1n) is 16.1. The van der Waals surface area contributed by atoms with Gasteiger partial charge in [-0.1, -0.05) is 48.4 Å². The van der Waals surface area contributed by atoms with Crippen LogP contribution in [0.3, 0.4) is 0 Å². The van der Waals surface area contributed by atoms with Crippen molar-refractivity contribution in [2.24, 2.45) is 10.8 Å². The van der Waals surface area contributed by atoms with E-state index >= 15 is 0 Å². The Balaban J connectivity index is 1.43. The van der Waals surface area contributed by atoms with Crippen LogP contribution >= 0.6 is 11.6 Å². The third kappa shape index (κ3) is 5.90. The monoisotopic (exact) mass is 638 g/mol. The zero-order chi connectivity index (χ0) is 30.8. The average Bonchev–Trinajstić information content (AvgIpc) is 3.02. The minimum atomic E-state index is -4.03. The van der Waals surface area contributed by atoms with Crippen molar-refractivity contribution in [3.63, 3.8) is 0 Å². The number of anilines is 1. The zero-order valence-electron chi connectivity index (χ0n) is 25.3. The van der Waals surface area contributed by atoms with Crippen LogP contribution in [-0.4, -0.2) is 63.9 Å². The Kier molecular flexibility index (Phi) is 9.09. The molecule has 3 fully saturated rings. The average molecular weight is 639 g/mol. The van der Waals surface area contributed by atoms with Crippen LogP contribution in [0.2, 0.25) is 5.02 Å². The maximum atomic E-state index is 14.3. The fourth-order valence-electron chi connectivity index (χ4n) is 7.70. The van der Waals surface area contributed by atoms with Gasteiger partial charge in [-0.3, -0.25) is 13.9 Å². The summed E-state index contributed by atoms with van der Waals surface area (Å²) in [6, 6.07) is 13.4. The standard InChI is InChI=1S/C34H43ClN4O4S/c35-29-14-13-27-24-28(29)31(40)38-22-8-5-12-30(38)34(16-9-17-34)25-37-32(41)33(18-20-36-21-19-33)15-6-2-7-23-39(44(27,42)43)26-10-3-1-4-11-26/h1-4,7,10-11,13-14,24,30,36H,5-6,8-9,12,15-23,25H2,(H,37,41)/b7-2+. The fourth-order valence-corrected chi connectivity index (χ4v) is 9.35. The highest BCUT2D eigenvalue weighted by Crippen LogP contribution is 2.49. The van der Waals surface area contributed by atoms with Crippen molar-refractivity contribution in [1.29, 1.82) is 0 Å². The highest BCUT2D eigenvalue weighted by atomic mass is 35.5. The minimum Gasteiger partial charge on any atom is -0.355 e. The summed E-state index contributed by atoms with van der Waals surface area (Å²) in [5.41, 5.74) is 0.0819. The summed E-state index contributed by atoms with van der Waals surface area (Å²) >= 11 is 6.63. The van der Waals surface area contributed by atoms with Gasteiger partial charge >= 0.3 is 0 Å². The van der Waals surface area contributed by atoms with Crippen LogP contribution in [0, 0.1) is 10.8 Å². The number of nitrogens with zero attached hydrogens (tertiary/aromatic N) is 2. The molecular formula is C34H43ClN4O4S. The maximum absolute atomic E-state index is 14.3. The maximum Gasteiger partial charge on any atom is 0.264 e. The predicted molar refractivity (Wildman–Crippen MR) is 173 cm³/mol. The molecule has 8 nitrogen and oxygen atoms in total. The van der Waals surface area contributed by atoms with Crippen molar-refractivity contribution < 1.29 is 18.0 Å². The second kappa shape index (κ2) is 12.9. The second-order valence-electron chi connectivity index (χ2n) is 13.0. The van der Waals surface area contributed by atoms with Crippen molar-refractivity contribution in [3.8, 4) is 0 Å². The number of sulfonamides is 1. The van der Waals surface area contributed by atoms with Crippen LogP contribution < -0.4 is 14.9 Å². The van der Waals surface area contributed by atoms with E-state index in [1.165, 1.54) is 22.5 Å². The van der Waals surface area contributed by atoms with Gasteiger partial charge in [0.25, 0.3) is 15.9 Å². The molecule has 2 N–H and O–H groups in total. The Labute approximate surface area is 266 Å². The van der Waals surface area contributed by atoms with Gasteiger partial charge < -0.3 is 15.5 Å². The highest BCUT2D eigenvalue weighted by molar-refractivity contribution is 7.92. The molecule has 0 radical (unpaired) electrons. The van der Waals surface area contributed by atoms with Gasteiger partial charge in [0.05, 0.1) is 33.1 Å². The third-order valence-electron chi connectivity index (χ3n) is 10.5. The molecule has 1 unspecified atom stereocenters. The molecule has 3 heterocycles. The lowest BCUT2D eigenvalue weighted by molar-refractivity contribution is -0.134. The minimum absolute atomic E-state index is 0.0384. The van der Waals surface area contributed by atoms with E-state index in [9.17, 15) is 18.0 Å². The smallest absolute Gasteiger partial charge is 0.264 e. The van der Waals surface area contributed by atoms with E-state index in [4.69, 9.17) is 11.6 Å². The van der Waals surface area contributed by atoms with Crippen LogP contribution in [-0.2, 0) is 14.8 Å². The number of para-hydroxylation sites is 1. The largest absolute Gasteiger partial charge is 0.355 e. The number of carbonyl (C=O) groups is 2. The number of benzene rings is 2. The van der Waals surface area contributed by atoms with Gasteiger partial charge in [-0.15, -0.1) is 0 Å². The lowest BCUT2D eigenvalue weighted by atomic mass is 9.61. The number of carbonyl (C=O) groups excluding carboxylic acids is 2. The van der Waals surface area contributed by atoms with Crippen molar-refractivity contribution in [2.45, 2.75) is 75.1 Å². The topological polar surface area (TPSA) is 98.8 Å². The molecule has 6 rings (SSSR count). The molecule has 2 saturated heterocycles. The Morgan fingerprint density at radius 3 is 2.39 bits per heavy atom. The summed E-state index contributed by atoms with van der Waals surface area (Å²) in [7, 11) is -4.03. The number of hydrogen-bond acceptors (Lipinski definition) is 5. The highest BCUT2D eigenvalue weighted by Gasteiger charge is 2.50. The molecule has 236 valence electrons. The molecule has 2 bridgehead atoms. The van der Waals surface area contributed by atoms with Crippen LogP contribution in [0.1, 0.15) is 74.6 Å². The Hall–Kier alpha value is -2.88. The molecular weight excluding hydrogens is 596 g/mol. The second-order valence-corrected chi connectivity index (χ2v) is 15.2. The predicted octanol–water partition coefficient (Wildman–Crippen LogP) is 5.54. The SMILES string of the molecule is O=C1c2cc(ccc2Cl)S(=O)(=O)N(c2ccccc2)C/C=C/CCC2(CCNCC2)C(=O)NCC2(CCC2)C2CCCCN12. The molecule has 4 aliphatic rings. The summed E-state index contributed by atoms with van der Waals surface area (Å²) in [5.74, 6) is -0.130. The number of hydrogen-bond donors (Lipinski definition) is 2. The molecule has 2 spiro atoms. The summed E-state index contributed by atoms with van der Waals surface area (Å²) in [4.78, 5) is 30.2. The molecule has 1 saturated carbocycles. The van der Waals surface area contributed by atoms with Crippen LogP contribution in [0.5, 0.6) is 0 Å². The van der Waals surface area contributed by atoms with E-state index < -0.39 is 15.4 Å². The van der Waals surface area contributed by atoms with Crippen LogP contribution in [0.15, 0.2) is 65.6 Å². The van der Waals surface area contributed by atoms with E-state index in [1.807, 2.05) is 35.3 Å². The number of halogens is 1. The molecule has 2 aromatic carbocycles. The molecule has 10 heteroatoms. The molecule has 3 aliphatic heterocycles. The fraction of sp³-hybridized carbons (Fsp3) is 0.529. The van der Waals surface area contributed by atoms with Crippen LogP contribution in [0.4, 0.5) is 5.69 Å². The van der Waals surface area contributed by atoms with E-state index in [1.54, 1.807) is 12.1 Å². The van der Waals surface area contributed by atoms with Crippen molar-refractivity contribution in [2.75, 3.05) is 37.0 Å². The number of rotatable bonds is 1. The third-order valence-corrected chi connectivity index (χ3v) is 12.6. The van der Waals surface area contributed by atoms with Crippen molar-refractivity contribution in [1.82, 2.24) is 15.5 Å². The Morgan fingerprint density at radius 2 is 1.66 bits per heavy atom. The quantitative estimate of drug-likeness (QED) is 0.400. The van der Waals surface area contributed by atoms with Crippen LogP contribution in [0.25, 0.3) is 0 Å². The molecule has 0 aromatic heterocycles. The number of fused-ring (bicyclic) bond motifs is 4. The molecule has 2 aromatic rings. The molecule has 44 heavy (non-hydrogen) atoms. The van der Waals surface area contributed by atoms with E-state index in [2.05, 4.69) is 10.6 Å². The summed E-state index contributed by atoms with van der Waals surface area (Å²) in [6.07, 6.45) is 12.5. The first kappa shape index (κ1) is 31.1. The molecule has 2 amide bonds. The van der Waals surface area contributed by atoms with Gasteiger partial charge in [0.1, 0.15) is 0 Å². The van der Waals surface area contributed by atoms with Crippen molar-refractivity contribution in [3.05, 3.63) is 71.3 Å². The molecule has 1 atom stereocenters. The van der Waals surface area contributed by atoms with Gasteiger partial charge in [0.15, 0.2) is 0 Å². The van der Waals surface area contributed by atoms with Gasteiger partial charge in [-0.2, -0.15) is 0 Å². The Morgan fingerprint density at radius 1 is 0.886 bits per heavy atom. The summed E-state index contributed by atoms with van der Waals surface area (Å²) < 4.78 is 29.8. The normalized spacial score (nSPS) is 26.2. The first-order chi connectivity index (χ1) is 21.3. The lowest BCUT2D eigenvalue weighted by Gasteiger charge is -2.54. The summed E-state index contributed by atoms with van der Waals surface area (Å²) in [5, 5.41) is 7.05. The van der Waals surface area contributed by atoms with Gasteiger partial charge in [0.2, 0.25) is 5.91 Å². The summed E-state index contributed by atoms with van der Waals surface area (Å²) in [6.45, 7) is 2.86. The van der Waals surface area contributed by atoms with E-state index in [0.29, 0.717) is 31.6 Å². The number of amides is 2. The number of nitrogens with one attached hydrogen (secondary N) is 2. The number of piperidine rings is 2. The first-order valence-corrected chi connectivity index (χ1v) is 17.9. The van der Waals surface area contributed by atoms with Gasteiger partial charge in [0, 0.05) is 24.5 Å². The lowest BCUT2D eigenvalue weighted by Crippen LogP contribution is -2.60. The zero-order valence-corrected chi connectivity index (χ0v) is 26.8.